The van der Waals surface area contributed by atoms with Crippen molar-refractivity contribution in [3.8, 4) is 0 Å². The Bertz CT molecular complexity index is 78.6. The number of hydrogen-bond donors (Lipinski definition) is 2. The smallest absolute Gasteiger partial charge is 0.134 e. The SMILES string of the molecule is O=CCNSNCC=O. The van der Waals surface area contributed by atoms with Crippen LogP contribution in [0.25, 0.3) is 0 Å². The number of aldehydes is 2. The number of nitrogens with one attached hydrogen (secondary N) is 2. The van der Waals surface area contributed by atoms with Crippen molar-refractivity contribution in [1.82, 2.24) is 9.44 Å². The summed E-state index contributed by atoms with van der Waals surface area (Å²) in [6, 6.07) is 0. The van der Waals surface area contributed by atoms with Crippen molar-refractivity contribution < 1.29 is 9.59 Å². The third kappa shape index (κ3) is 7.61. The van der Waals surface area contributed by atoms with Crippen LogP contribution in [0.15, 0.2) is 0 Å². The third-order valence-corrected chi connectivity index (χ3v) is 1.10. The molecule has 0 aromatic heterocycles. The zero-order chi connectivity index (χ0) is 6.95. The van der Waals surface area contributed by atoms with E-state index in [1.54, 1.807) is 0 Å². The summed E-state index contributed by atoms with van der Waals surface area (Å²) in [5.74, 6) is 0. The normalized spacial score (nSPS) is 8.89. The molecule has 0 aliphatic rings. The van der Waals surface area contributed by atoms with Crippen molar-refractivity contribution in [2.24, 2.45) is 0 Å². The Morgan fingerprint density at radius 3 is 1.89 bits per heavy atom. The van der Waals surface area contributed by atoms with Crippen LogP contribution in [0, 0.1) is 0 Å². The minimum atomic E-state index is 0.288. The molecular weight excluding hydrogens is 140 g/mol. The number of rotatable bonds is 6. The Balaban J connectivity index is 2.74. The van der Waals surface area contributed by atoms with Gasteiger partial charge in [0.25, 0.3) is 0 Å². The summed E-state index contributed by atoms with van der Waals surface area (Å²) in [7, 11) is 0. The second-order valence-electron chi connectivity index (χ2n) is 1.13. The van der Waals surface area contributed by atoms with E-state index in [0.717, 1.165) is 24.7 Å². The molecule has 0 unspecified atom stereocenters. The van der Waals surface area contributed by atoms with E-state index < -0.39 is 0 Å². The van der Waals surface area contributed by atoms with E-state index in [9.17, 15) is 9.59 Å². The molecule has 0 spiro atoms. The summed E-state index contributed by atoms with van der Waals surface area (Å²) in [5.41, 5.74) is 0. The van der Waals surface area contributed by atoms with Gasteiger partial charge in [0.05, 0.1) is 13.1 Å². The molecule has 0 bridgehead atoms. The van der Waals surface area contributed by atoms with Gasteiger partial charge in [-0.3, -0.25) is 0 Å². The van der Waals surface area contributed by atoms with Gasteiger partial charge in [-0.2, -0.15) is 0 Å². The van der Waals surface area contributed by atoms with Crippen LogP contribution in [0.5, 0.6) is 0 Å². The molecular formula is C4H8N2O2S. The average molecular weight is 148 g/mol. The summed E-state index contributed by atoms with van der Waals surface area (Å²) in [5, 5.41) is 0. The fraction of sp³-hybridized carbons (Fsp3) is 0.500. The highest BCUT2D eigenvalue weighted by Crippen LogP contribution is 1.78. The Morgan fingerprint density at radius 1 is 1.11 bits per heavy atom. The molecule has 0 aliphatic heterocycles. The average Bonchev–Trinajstić information content (AvgIpc) is 1.89. The van der Waals surface area contributed by atoms with Crippen LogP contribution in [-0.4, -0.2) is 25.7 Å². The Morgan fingerprint density at radius 2 is 1.56 bits per heavy atom. The lowest BCUT2D eigenvalue weighted by atomic mass is 10.8. The van der Waals surface area contributed by atoms with E-state index >= 15 is 0 Å². The lowest BCUT2D eigenvalue weighted by Gasteiger charge is -1.95. The Hall–Kier alpha value is -0.390. The van der Waals surface area contributed by atoms with Crippen molar-refractivity contribution in [3.63, 3.8) is 0 Å². The van der Waals surface area contributed by atoms with Crippen molar-refractivity contribution in [2.45, 2.75) is 0 Å². The van der Waals surface area contributed by atoms with Crippen LogP contribution in [-0.2, 0) is 9.59 Å². The monoisotopic (exact) mass is 148 g/mol. The zero-order valence-electron chi connectivity index (χ0n) is 4.79. The molecule has 0 aromatic carbocycles. The molecule has 0 radical (unpaired) electrons. The van der Waals surface area contributed by atoms with Crippen LogP contribution in [0.2, 0.25) is 0 Å². The first-order valence-corrected chi connectivity index (χ1v) is 3.22. The zero-order valence-corrected chi connectivity index (χ0v) is 5.61. The largest absolute Gasteiger partial charge is 0.302 e. The number of carbonyl (C=O) groups excluding carboxylic acids is 2. The van der Waals surface area contributed by atoms with Gasteiger partial charge >= 0.3 is 0 Å². The molecule has 0 aliphatic carbocycles. The molecule has 0 atom stereocenters. The fourth-order valence-corrected chi connectivity index (χ4v) is 0.607. The van der Waals surface area contributed by atoms with Crippen molar-refractivity contribution in [3.05, 3.63) is 0 Å². The summed E-state index contributed by atoms with van der Waals surface area (Å²) in [4.78, 5) is 19.3. The van der Waals surface area contributed by atoms with Crippen LogP contribution < -0.4 is 9.44 Å². The van der Waals surface area contributed by atoms with Crippen molar-refractivity contribution in [2.75, 3.05) is 13.1 Å². The second-order valence-corrected chi connectivity index (χ2v) is 1.91. The van der Waals surface area contributed by atoms with E-state index in [1.165, 1.54) is 0 Å². The minimum absolute atomic E-state index is 0.288. The maximum absolute atomic E-state index is 9.66. The van der Waals surface area contributed by atoms with Gasteiger partial charge in [0.1, 0.15) is 12.6 Å². The predicted molar refractivity (Wildman–Crippen MR) is 35.7 cm³/mol. The second kappa shape index (κ2) is 7.61. The van der Waals surface area contributed by atoms with Gasteiger partial charge in [-0.1, -0.05) is 0 Å². The van der Waals surface area contributed by atoms with Crippen molar-refractivity contribution in [1.29, 1.82) is 0 Å². The summed E-state index contributed by atoms with van der Waals surface area (Å²) in [6.45, 7) is 0.576. The first-order chi connectivity index (χ1) is 4.41. The molecule has 0 saturated carbocycles. The Kier molecular flexibility index (Phi) is 7.28. The topological polar surface area (TPSA) is 58.2 Å². The fourth-order valence-electron chi connectivity index (χ4n) is 0.202. The van der Waals surface area contributed by atoms with Crippen LogP contribution in [0.3, 0.4) is 0 Å². The molecule has 52 valence electrons. The molecule has 0 amide bonds. The molecule has 0 fully saturated rings. The molecule has 2 N–H and O–H groups in total. The molecule has 9 heavy (non-hydrogen) atoms. The number of carbonyl (C=O) groups is 2. The van der Waals surface area contributed by atoms with E-state index in [2.05, 4.69) is 9.44 Å². The summed E-state index contributed by atoms with van der Waals surface area (Å²) in [6.07, 6.45) is 1.49. The van der Waals surface area contributed by atoms with Gasteiger partial charge in [0.15, 0.2) is 0 Å². The third-order valence-electron chi connectivity index (χ3n) is 0.478. The minimum Gasteiger partial charge on any atom is -0.302 e. The molecule has 0 heterocycles. The van der Waals surface area contributed by atoms with Gasteiger partial charge < -0.3 is 9.59 Å². The lowest BCUT2D eigenvalue weighted by Crippen LogP contribution is -2.16. The predicted octanol–water partition coefficient (Wildman–Crippen LogP) is -0.873. The first kappa shape index (κ1) is 8.61. The van der Waals surface area contributed by atoms with E-state index in [4.69, 9.17) is 0 Å². The van der Waals surface area contributed by atoms with Crippen LogP contribution in [0.1, 0.15) is 0 Å². The highest BCUT2D eigenvalue weighted by Gasteiger charge is 1.82. The molecule has 0 saturated heterocycles. The molecule has 5 heteroatoms. The van der Waals surface area contributed by atoms with Gasteiger partial charge in [-0.25, -0.2) is 9.44 Å². The van der Waals surface area contributed by atoms with E-state index in [0.29, 0.717) is 0 Å². The first-order valence-electron chi connectivity index (χ1n) is 2.40. The highest BCUT2D eigenvalue weighted by atomic mass is 32.2. The molecule has 0 rings (SSSR count). The quantitative estimate of drug-likeness (QED) is 0.291. The molecule has 0 aromatic rings. The van der Waals surface area contributed by atoms with Crippen LogP contribution in [0.4, 0.5) is 0 Å². The Labute approximate surface area is 57.7 Å². The van der Waals surface area contributed by atoms with Gasteiger partial charge in [0, 0.05) is 12.1 Å². The van der Waals surface area contributed by atoms with E-state index in [1.807, 2.05) is 0 Å². The van der Waals surface area contributed by atoms with Crippen molar-refractivity contribution >= 4 is 24.7 Å². The maximum Gasteiger partial charge on any atom is 0.134 e. The summed E-state index contributed by atoms with van der Waals surface area (Å²) < 4.78 is 5.30. The van der Waals surface area contributed by atoms with Gasteiger partial charge in [-0.15, -0.1) is 0 Å². The summed E-state index contributed by atoms with van der Waals surface area (Å²) >= 11 is 1.14. The van der Waals surface area contributed by atoms with Gasteiger partial charge in [0.2, 0.25) is 0 Å². The lowest BCUT2D eigenvalue weighted by molar-refractivity contribution is -0.107. The highest BCUT2D eigenvalue weighted by molar-refractivity contribution is 7.95. The molecule has 4 nitrogen and oxygen atoms in total. The number of hydrogen-bond acceptors (Lipinski definition) is 5. The van der Waals surface area contributed by atoms with Crippen LogP contribution >= 0.6 is 12.1 Å². The maximum atomic E-state index is 9.66. The van der Waals surface area contributed by atoms with Gasteiger partial charge in [-0.05, 0) is 0 Å². The standard InChI is InChI=1S/C4H8N2O2S/c7-3-1-5-9-6-2-4-8/h3-6H,1-2H2. The van der Waals surface area contributed by atoms with E-state index in [-0.39, 0.29) is 13.1 Å².